The van der Waals surface area contributed by atoms with Crippen LogP contribution in [0.5, 0.6) is 0 Å². The fourth-order valence-corrected chi connectivity index (χ4v) is 2.76. The lowest BCUT2D eigenvalue weighted by Gasteiger charge is -2.38. The van der Waals surface area contributed by atoms with Gasteiger partial charge in [-0.2, -0.15) is 0 Å². The number of aryl methyl sites for hydroxylation is 1. The predicted molar refractivity (Wildman–Crippen MR) is 76.3 cm³/mol. The van der Waals surface area contributed by atoms with Crippen molar-refractivity contribution in [1.29, 1.82) is 0 Å². The van der Waals surface area contributed by atoms with Gasteiger partial charge in [-0.25, -0.2) is 9.97 Å². The second-order valence-corrected chi connectivity index (χ2v) is 6.29. The van der Waals surface area contributed by atoms with Crippen molar-refractivity contribution < 1.29 is 0 Å². The first-order chi connectivity index (χ1) is 8.50. The maximum atomic E-state index is 6.10. The zero-order valence-corrected chi connectivity index (χ0v) is 12.3. The van der Waals surface area contributed by atoms with E-state index in [0.29, 0.717) is 10.6 Å². The summed E-state index contributed by atoms with van der Waals surface area (Å²) in [5.74, 6) is 1.86. The van der Waals surface area contributed by atoms with Crippen LogP contribution in [0.3, 0.4) is 0 Å². The maximum absolute atomic E-state index is 6.10. The summed E-state index contributed by atoms with van der Waals surface area (Å²) in [6, 6.07) is 1.89. The van der Waals surface area contributed by atoms with Crippen molar-refractivity contribution >= 4 is 17.4 Å². The Balaban J connectivity index is 2.21. The number of nitrogens with zero attached hydrogens (tertiary/aromatic N) is 3. The molecule has 1 aromatic rings. The second kappa shape index (κ2) is 5.43. The van der Waals surface area contributed by atoms with Crippen molar-refractivity contribution in [2.75, 3.05) is 18.0 Å². The van der Waals surface area contributed by atoms with Crippen LogP contribution < -0.4 is 4.90 Å². The molecule has 2 rings (SSSR count). The van der Waals surface area contributed by atoms with Crippen molar-refractivity contribution in [3.63, 3.8) is 0 Å². The molecule has 2 heterocycles. The minimum absolute atomic E-state index is 0.362. The van der Waals surface area contributed by atoms with Gasteiger partial charge in [0.25, 0.3) is 0 Å². The van der Waals surface area contributed by atoms with Gasteiger partial charge in [0.15, 0.2) is 0 Å². The van der Waals surface area contributed by atoms with Gasteiger partial charge in [-0.05, 0) is 24.7 Å². The summed E-state index contributed by atoms with van der Waals surface area (Å²) in [5.41, 5.74) is 0.362. The van der Waals surface area contributed by atoms with E-state index in [4.69, 9.17) is 11.6 Å². The summed E-state index contributed by atoms with van der Waals surface area (Å²) in [5, 5.41) is 0.562. The number of halogens is 1. The molecule has 18 heavy (non-hydrogen) atoms. The van der Waals surface area contributed by atoms with Crippen LogP contribution in [-0.4, -0.2) is 23.1 Å². The number of aromatic nitrogens is 2. The van der Waals surface area contributed by atoms with Gasteiger partial charge in [0.05, 0.1) is 0 Å². The Morgan fingerprint density at radius 2 is 2.17 bits per heavy atom. The van der Waals surface area contributed by atoms with E-state index < -0.39 is 0 Å². The molecule has 0 N–H and O–H groups in total. The topological polar surface area (TPSA) is 29.0 Å². The summed E-state index contributed by atoms with van der Waals surface area (Å²) in [4.78, 5) is 11.3. The highest BCUT2D eigenvalue weighted by Crippen LogP contribution is 2.31. The van der Waals surface area contributed by atoms with Crippen LogP contribution in [0.2, 0.25) is 5.15 Å². The summed E-state index contributed by atoms with van der Waals surface area (Å²) < 4.78 is 0. The van der Waals surface area contributed by atoms with Gasteiger partial charge in [-0.15, -0.1) is 0 Å². The second-order valence-electron chi connectivity index (χ2n) is 5.90. The molecular formula is C14H22ClN3. The van der Waals surface area contributed by atoms with Crippen molar-refractivity contribution in [3.8, 4) is 0 Å². The zero-order chi connectivity index (χ0) is 13.2. The van der Waals surface area contributed by atoms with Crippen LogP contribution in [0.4, 0.5) is 5.82 Å². The van der Waals surface area contributed by atoms with Crippen LogP contribution in [0.15, 0.2) is 6.07 Å². The third-order valence-corrected chi connectivity index (χ3v) is 3.62. The highest BCUT2D eigenvalue weighted by atomic mass is 35.5. The average molecular weight is 268 g/mol. The number of hydrogen-bond donors (Lipinski definition) is 0. The molecule has 0 amide bonds. The average Bonchev–Trinajstić information content (AvgIpc) is 2.27. The Morgan fingerprint density at radius 3 is 2.83 bits per heavy atom. The fourth-order valence-electron chi connectivity index (χ4n) is 2.57. The minimum atomic E-state index is 0.362. The first-order valence-corrected chi connectivity index (χ1v) is 7.16. The van der Waals surface area contributed by atoms with Crippen LogP contribution in [0.1, 0.15) is 45.9 Å². The van der Waals surface area contributed by atoms with Gasteiger partial charge in [0.1, 0.15) is 16.8 Å². The minimum Gasteiger partial charge on any atom is -0.356 e. The normalized spacial score (nSPS) is 19.0. The van der Waals surface area contributed by atoms with E-state index in [0.717, 1.165) is 37.6 Å². The van der Waals surface area contributed by atoms with E-state index in [1.807, 2.05) is 6.07 Å². The molecule has 1 saturated heterocycles. The lowest BCUT2D eigenvalue weighted by molar-refractivity contribution is 0.292. The smallest absolute Gasteiger partial charge is 0.134 e. The third-order valence-electron chi connectivity index (χ3n) is 3.43. The standard InChI is InChI=1S/C14H22ClN3/c1-4-6-12-16-11(15)9-13(17-12)18-8-5-7-14(2,3)10-18/h9H,4-8,10H2,1-3H3. The van der Waals surface area contributed by atoms with Crippen LogP contribution in [0.25, 0.3) is 0 Å². The van der Waals surface area contributed by atoms with Crippen LogP contribution in [-0.2, 0) is 6.42 Å². The van der Waals surface area contributed by atoms with Crippen molar-refractivity contribution in [2.45, 2.75) is 46.5 Å². The molecule has 0 aromatic carbocycles. The van der Waals surface area contributed by atoms with E-state index in [9.17, 15) is 0 Å². The lowest BCUT2D eigenvalue weighted by Crippen LogP contribution is -2.40. The monoisotopic (exact) mass is 267 g/mol. The number of rotatable bonds is 3. The zero-order valence-electron chi connectivity index (χ0n) is 11.5. The highest BCUT2D eigenvalue weighted by molar-refractivity contribution is 6.29. The van der Waals surface area contributed by atoms with Gasteiger partial charge < -0.3 is 4.90 Å². The molecule has 0 unspecified atom stereocenters. The van der Waals surface area contributed by atoms with Gasteiger partial charge >= 0.3 is 0 Å². The summed E-state index contributed by atoms with van der Waals surface area (Å²) in [6.45, 7) is 8.88. The number of hydrogen-bond acceptors (Lipinski definition) is 3. The Hall–Kier alpha value is -0.830. The van der Waals surface area contributed by atoms with E-state index in [1.165, 1.54) is 12.8 Å². The van der Waals surface area contributed by atoms with Gasteiger partial charge in [0.2, 0.25) is 0 Å². The van der Waals surface area contributed by atoms with E-state index in [-0.39, 0.29) is 0 Å². The quantitative estimate of drug-likeness (QED) is 0.782. The number of anilines is 1. The maximum Gasteiger partial charge on any atom is 0.134 e. The summed E-state index contributed by atoms with van der Waals surface area (Å²) in [7, 11) is 0. The lowest BCUT2D eigenvalue weighted by atomic mass is 9.84. The molecule has 100 valence electrons. The molecule has 1 fully saturated rings. The molecule has 0 radical (unpaired) electrons. The Labute approximate surface area is 115 Å². The van der Waals surface area contributed by atoms with Crippen molar-refractivity contribution in [2.24, 2.45) is 5.41 Å². The molecule has 3 nitrogen and oxygen atoms in total. The van der Waals surface area contributed by atoms with E-state index in [1.54, 1.807) is 0 Å². The molecule has 4 heteroatoms. The van der Waals surface area contributed by atoms with E-state index in [2.05, 4.69) is 35.6 Å². The summed E-state index contributed by atoms with van der Waals surface area (Å²) >= 11 is 6.10. The molecule has 0 bridgehead atoms. The molecule has 0 atom stereocenters. The largest absolute Gasteiger partial charge is 0.356 e. The SMILES string of the molecule is CCCc1nc(Cl)cc(N2CCCC(C)(C)C2)n1. The Morgan fingerprint density at radius 1 is 1.39 bits per heavy atom. The first-order valence-electron chi connectivity index (χ1n) is 6.78. The molecule has 1 aromatic heterocycles. The molecular weight excluding hydrogens is 246 g/mol. The molecule has 0 saturated carbocycles. The van der Waals surface area contributed by atoms with Crippen molar-refractivity contribution in [1.82, 2.24) is 9.97 Å². The van der Waals surface area contributed by atoms with E-state index >= 15 is 0 Å². The fraction of sp³-hybridized carbons (Fsp3) is 0.714. The molecule has 1 aliphatic rings. The molecule has 0 spiro atoms. The number of piperidine rings is 1. The molecule has 0 aliphatic carbocycles. The first kappa shape index (κ1) is 13.6. The van der Waals surface area contributed by atoms with Gasteiger partial charge in [-0.3, -0.25) is 0 Å². The Kier molecular flexibility index (Phi) is 4.10. The third kappa shape index (κ3) is 3.35. The predicted octanol–water partition coefficient (Wildman–Crippen LogP) is 3.71. The van der Waals surface area contributed by atoms with Crippen molar-refractivity contribution in [3.05, 3.63) is 17.0 Å². The highest BCUT2D eigenvalue weighted by Gasteiger charge is 2.27. The molecule has 1 aliphatic heterocycles. The Bertz CT molecular complexity index is 418. The van der Waals surface area contributed by atoms with Gasteiger partial charge in [-0.1, -0.05) is 32.4 Å². The summed E-state index contributed by atoms with van der Waals surface area (Å²) in [6.07, 6.45) is 4.44. The van der Waals surface area contributed by atoms with Crippen LogP contribution >= 0.6 is 11.6 Å². The van der Waals surface area contributed by atoms with Gasteiger partial charge in [0, 0.05) is 25.6 Å². The van der Waals surface area contributed by atoms with Crippen LogP contribution in [0, 0.1) is 5.41 Å².